The minimum Gasteiger partial charge on any atom is -0.270 e. The number of hydrogen-bond donors (Lipinski definition) is 0. The van der Waals surface area contributed by atoms with Gasteiger partial charge in [-0.25, -0.2) is 0 Å². The van der Waals surface area contributed by atoms with E-state index in [0.29, 0.717) is 16.4 Å². The third-order valence-electron chi connectivity index (χ3n) is 3.44. The van der Waals surface area contributed by atoms with Crippen LogP contribution in [0, 0.1) is 0 Å². The number of rotatable bonds is 2. The fraction of sp³-hybridized carbons (Fsp3) is 0.125. The third kappa shape index (κ3) is 2.62. The van der Waals surface area contributed by atoms with Gasteiger partial charge in [0.25, 0.3) is 5.91 Å². The molecule has 0 fully saturated rings. The molecule has 6 heteroatoms. The molecule has 1 amide bonds. The van der Waals surface area contributed by atoms with Crippen LogP contribution < -0.4 is 5.01 Å². The Kier molecular flexibility index (Phi) is 4.14. The van der Waals surface area contributed by atoms with Crippen molar-refractivity contribution < 1.29 is 4.79 Å². The molecule has 3 rings (SSSR count). The van der Waals surface area contributed by atoms with Gasteiger partial charge in [0, 0.05) is 15.1 Å². The zero-order valence-corrected chi connectivity index (χ0v) is 15.5. The fourth-order valence-corrected chi connectivity index (χ4v) is 3.21. The Labute approximate surface area is 150 Å². The standard InChI is InChI=1S/C16H11Br2ClN2O/c1-16(18)14(12-4-2-3-5-13(12)19)20-21(15(16)22)11-8-6-10(17)7-9-11/h2-9H,1H3. The van der Waals surface area contributed by atoms with E-state index in [2.05, 4.69) is 37.0 Å². The molecule has 1 aliphatic heterocycles. The summed E-state index contributed by atoms with van der Waals surface area (Å²) in [4.78, 5) is 12.7. The van der Waals surface area contributed by atoms with Crippen LogP contribution in [0.15, 0.2) is 58.1 Å². The van der Waals surface area contributed by atoms with Crippen LogP contribution >= 0.6 is 43.5 Å². The van der Waals surface area contributed by atoms with E-state index in [1.807, 2.05) is 42.5 Å². The summed E-state index contributed by atoms with van der Waals surface area (Å²) >= 11 is 13.1. The first-order valence-electron chi connectivity index (χ1n) is 6.54. The minimum atomic E-state index is -0.912. The maximum Gasteiger partial charge on any atom is 0.270 e. The third-order valence-corrected chi connectivity index (χ3v) is 5.01. The normalized spacial score (nSPS) is 21.2. The predicted octanol–water partition coefficient (Wildman–Crippen LogP) is 5.01. The van der Waals surface area contributed by atoms with Crippen LogP contribution in [0.5, 0.6) is 0 Å². The number of alkyl halides is 1. The van der Waals surface area contributed by atoms with Crippen LogP contribution in [0.4, 0.5) is 5.69 Å². The van der Waals surface area contributed by atoms with Crippen LogP contribution in [0.25, 0.3) is 0 Å². The highest BCUT2D eigenvalue weighted by Crippen LogP contribution is 2.37. The number of halogens is 3. The highest BCUT2D eigenvalue weighted by molar-refractivity contribution is 9.10. The van der Waals surface area contributed by atoms with Gasteiger partial charge >= 0.3 is 0 Å². The molecule has 22 heavy (non-hydrogen) atoms. The summed E-state index contributed by atoms with van der Waals surface area (Å²) in [5, 5.41) is 6.48. The molecule has 0 bridgehead atoms. The number of nitrogens with zero attached hydrogens (tertiary/aromatic N) is 2. The summed E-state index contributed by atoms with van der Waals surface area (Å²) in [6, 6.07) is 14.8. The van der Waals surface area contributed by atoms with Crippen molar-refractivity contribution in [3.05, 3.63) is 63.6 Å². The van der Waals surface area contributed by atoms with Crippen LogP contribution in [0.3, 0.4) is 0 Å². The molecule has 1 aliphatic rings. The molecule has 1 heterocycles. The van der Waals surface area contributed by atoms with Gasteiger partial charge in [0.05, 0.1) is 11.4 Å². The van der Waals surface area contributed by atoms with Crippen molar-refractivity contribution in [2.45, 2.75) is 11.2 Å². The number of anilines is 1. The highest BCUT2D eigenvalue weighted by Gasteiger charge is 2.46. The first-order chi connectivity index (χ1) is 10.4. The Morgan fingerprint density at radius 3 is 2.41 bits per heavy atom. The van der Waals surface area contributed by atoms with E-state index < -0.39 is 4.32 Å². The van der Waals surface area contributed by atoms with Gasteiger partial charge in [-0.3, -0.25) is 4.79 Å². The molecule has 0 N–H and O–H groups in total. The second-order valence-corrected chi connectivity index (χ2v) is 7.93. The largest absolute Gasteiger partial charge is 0.270 e. The van der Waals surface area contributed by atoms with Gasteiger partial charge in [0.15, 0.2) is 0 Å². The number of amides is 1. The summed E-state index contributed by atoms with van der Waals surface area (Å²) in [5.74, 6) is -0.148. The number of carbonyl (C=O) groups is 1. The van der Waals surface area contributed by atoms with Crippen molar-refractivity contribution in [2.24, 2.45) is 5.10 Å². The SMILES string of the molecule is CC1(Br)C(=O)N(c2ccc(Br)cc2)N=C1c1ccccc1Cl. The van der Waals surface area contributed by atoms with Crippen LogP contribution in [0.2, 0.25) is 5.02 Å². The molecule has 2 aromatic rings. The molecule has 0 aliphatic carbocycles. The van der Waals surface area contributed by atoms with Gasteiger partial charge in [-0.05, 0) is 37.3 Å². The maximum absolute atomic E-state index is 12.7. The second kappa shape index (κ2) is 5.80. The molecule has 112 valence electrons. The van der Waals surface area contributed by atoms with E-state index in [1.165, 1.54) is 5.01 Å². The van der Waals surface area contributed by atoms with Crippen molar-refractivity contribution in [2.75, 3.05) is 5.01 Å². The van der Waals surface area contributed by atoms with E-state index in [4.69, 9.17) is 11.6 Å². The van der Waals surface area contributed by atoms with Gasteiger partial charge in [0.1, 0.15) is 4.32 Å². The number of hydrazone groups is 1. The Balaban J connectivity index is 2.10. The van der Waals surface area contributed by atoms with Crippen LogP contribution in [-0.2, 0) is 4.79 Å². The molecule has 0 saturated carbocycles. The number of benzene rings is 2. The molecular weight excluding hydrogens is 431 g/mol. The Morgan fingerprint density at radius 2 is 1.77 bits per heavy atom. The molecular formula is C16H11Br2ClN2O. The summed E-state index contributed by atoms with van der Waals surface area (Å²) in [6.07, 6.45) is 0. The van der Waals surface area contributed by atoms with E-state index in [1.54, 1.807) is 13.0 Å². The van der Waals surface area contributed by atoms with E-state index in [-0.39, 0.29) is 5.91 Å². The summed E-state index contributed by atoms with van der Waals surface area (Å²) in [5.41, 5.74) is 2.06. The van der Waals surface area contributed by atoms with Crippen LogP contribution in [0.1, 0.15) is 12.5 Å². The first kappa shape index (κ1) is 15.7. The van der Waals surface area contributed by atoms with Crippen molar-refractivity contribution >= 4 is 60.8 Å². The van der Waals surface area contributed by atoms with Gasteiger partial charge in [0.2, 0.25) is 0 Å². The molecule has 0 spiro atoms. The minimum absolute atomic E-state index is 0.148. The average molecular weight is 443 g/mol. The van der Waals surface area contributed by atoms with Gasteiger partial charge in [-0.1, -0.05) is 61.7 Å². The molecule has 0 saturated heterocycles. The Morgan fingerprint density at radius 1 is 1.14 bits per heavy atom. The van der Waals surface area contributed by atoms with E-state index in [0.717, 1.165) is 10.0 Å². The topological polar surface area (TPSA) is 32.7 Å². The molecule has 0 aromatic heterocycles. The second-order valence-electron chi connectivity index (χ2n) is 5.02. The zero-order valence-electron chi connectivity index (χ0n) is 11.6. The Hall–Kier alpha value is -1.17. The fourth-order valence-electron chi connectivity index (χ4n) is 2.26. The van der Waals surface area contributed by atoms with E-state index >= 15 is 0 Å². The average Bonchev–Trinajstić information content (AvgIpc) is 2.72. The van der Waals surface area contributed by atoms with Crippen LogP contribution in [-0.4, -0.2) is 15.9 Å². The summed E-state index contributed by atoms with van der Waals surface area (Å²) < 4.78 is 0.0326. The number of carbonyl (C=O) groups excluding carboxylic acids is 1. The van der Waals surface area contributed by atoms with Crippen molar-refractivity contribution in [1.29, 1.82) is 0 Å². The van der Waals surface area contributed by atoms with Gasteiger partial charge < -0.3 is 0 Å². The molecule has 1 unspecified atom stereocenters. The quantitative estimate of drug-likeness (QED) is 0.602. The molecule has 2 aromatic carbocycles. The van der Waals surface area contributed by atoms with Crippen molar-refractivity contribution in [1.82, 2.24) is 0 Å². The maximum atomic E-state index is 12.7. The lowest BCUT2D eigenvalue weighted by atomic mass is 9.98. The predicted molar refractivity (Wildman–Crippen MR) is 96.9 cm³/mol. The molecule has 3 nitrogen and oxygen atoms in total. The first-order valence-corrected chi connectivity index (χ1v) is 8.50. The number of hydrogen-bond acceptors (Lipinski definition) is 2. The summed E-state index contributed by atoms with van der Waals surface area (Å²) in [6.45, 7) is 1.79. The summed E-state index contributed by atoms with van der Waals surface area (Å²) in [7, 11) is 0. The van der Waals surface area contributed by atoms with Crippen molar-refractivity contribution in [3.8, 4) is 0 Å². The lowest BCUT2D eigenvalue weighted by Gasteiger charge is -2.18. The zero-order chi connectivity index (χ0) is 15.9. The van der Waals surface area contributed by atoms with Gasteiger partial charge in [-0.2, -0.15) is 10.1 Å². The lowest BCUT2D eigenvalue weighted by Crippen LogP contribution is -2.38. The molecule has 1 atom stereocenters. The monoisotopic (exact) mass is 440 g/mol. The lowest BCUT2D eigenvalue weighted by molar-refractivity contribution is -0.118. The van der Waals surface area contributed by atoms with Gasteiger partial charge in [-0.15, -0.1) is 0 Å². The van der Waals surface area contributed by atoms with E-state index in [9.17, 15) is 4.79 Å². The molecule has 0 radical (unpaired) electrons. The van der Waals surface area contributed by atoms with Crippen molar-refractivity contribution in [3.63, 3.8) is 0 Å². The highest BCUT2D eigenvalue weighted by atomic mass is 79.9. The smallest absolute Gasteiger partial charge is 0.270 e. The Bertz CT molecular complexity index is 772.